The molecule has 5 heteroatoms. The lowest BCUT2D eigenvalue weighted by Crippen LogP contribution is -2.01. The van der Waals surface area contributed by atoms with Crippen molar-refractivity contribution in [3.8, 4) is 5.75 Å². The number of nitrogens with two attached hydrogens (primary N) is 1. The Morgan fingerprint density at radius 1 is 1.25 bits per heavy atom. The molecule has 0 spiro atoms. The Morgan fingerprint density at radius 3 is 2.50 bits per heavy atom. The highest BCUT2D eigenvalue weighted by Gasteiger charge is 2.11. The van der Waals surface area contributed by atoms with Gasteiger partial charge in [-0.25, -0.2) is 0 Å². The van der Waals surface area contributed by atoms with Crippen molar-refractivity contribution in [2.45, 2.75) is 26.7 Å². The number of nitrogen functional groups attached to an aromatic ring is 1. The molecule has 1 aromatic heterocycles. The van der Waals surface area contributed by atoms with Gasteiger partial charge in [0.2, 0.25) is 0 Å². The third-order valence-electron chi connectivity index (χ3n) is 3.09. The van der Waals surface area contributed by atoms with Crippen LogP contribution < -0.4 is 15.8 Å². The highest BCUT2D eigenvalue weighted by molar-refractivity contribution is 5.71. The first-order valence-corrected chi connectivity index (χ1v) is 6.97. The number of nitrogens with zero attached hydrogens (tertiary/aromatic N) is 2. The van der Waals surface area contributed by atoms with Crippen molar-refractivity contribution in [1.29, 1.82) is 0 Å². The minimum atomic E-state index is 0.710. The molecule has 0 aliphatic rings. The topological polar surface area (TPSA) is 65.1 Å². The average molecular weight is 274 g/mol. The van der Waals surface area contributed by atoms with Gasteiger partial charge in [-0.05, 0) is 37.1 Å². The fourth-order valence-corrected chi connectivity index (χ4v) is 2.00. The van der Waals surface area contributed by atoms with E-state index in [9.17, 15) is 0 Å². The highest BCUT2D eigenvalue weighted by atomic mass is 16.5. The van der Waals surface area contributed by atoms with Gasteiger partial charge in [0, 0.05) is 12.7 Å². The number of anilines is 3. The van der Waals surface area contributed by atoms with Gasteiger partial charge in [0.05, 0.1) is 18.0 Å². The van der Waals surface area contributed by atoms with Crippen LogP contribution in [-0.2, 0) is 13.5 Å². The average Bonchev–Trinajstić information content (AvgIpc) is 2.74. The van der Waals surface area contributed by atoms with Crippen molar-refractivity contribution in [3.05, 3.63) is 30.0 Å². The van der Waals surface area contributed by atoms with Crippen LogP contribution in [0.3, 0.4) is 0 Å². The number of hydrogen-bond acceptors (Lipinski definition) is 4. The van der Waals surface area contributed by atoms with E-state index < -0.39 is 0 Å². The van der Waals surface area contributed by atoms with Gasteiger partial charge in [-0.15, -0.1) is 0 Å². The first-order chi connectivity index (χ1) is 9.65. The molecular formula is C15H22N4O. The van der Waals surface area contributed by atoms with Crippen molar-refractivity contribution >= 4 is 17.2 Å². The van der Waals surface area contributed by atoms with Gasteiger partial charge in [0.25, 0.3) is 0 Å². The van der Waals surface area contributed by atoms with Crippen LogP contribution in [0.1, 0.15) is 26.0 Å². The van der Waals surface area contributed by atoms with E-state index in [1.54, 1.807) is 4.68 Å². The first kappa shape index (κ1) is 14.2. The molecule has 0 aliphatic carbocycles. The molecule has 0 amide bonds. The Kier molecular flexibility index (Phi) is 4.50. The molecule has 0 fully saturated rings. The van der Waals surface area contributed by atoms with Crippen LogP contribution in [0.5, 0.6) is 5.75 Å². The number of aryl methyl sites for hydroxylation is 2. The lowest BCUT2D eigenvalue weighted by molar-refractivity contribution is 0.317. The molecule has 2 rings (SSSR count). The minimum Gasteiger partial charge on any atom is -0.494 e. The van der Waals surface area contributed by atoms with E-state index >= 15 is 0 Å². The summed E-state index contributed by atoms with van der Waals surface area (Å²) in [5.41, 5.74) is 8.68. The summed E-state index contributed by atoms with van der Waals surface area (Å²) in [7, 11) is 1.89. The molecule has 0 atom stereocenters. The smallest absolute Gasteiger partial charge is 0.152 e. The maximum absolute atomic E-state index is 6.09. The van der Waals surface area contributed by atoms with Crippen LogP contribution in [0.4, 0.5) is 17.2 Å². The lowest BCUT2D eigenvalue weighted by Gasteiger charge is -2.09. The van der Waals surface area contributed by atoms with Gasteiger partial charge in [-0.2, -0.15) is 5.10 Å². The molecule has 20 heavy (non-hydrogen) atoms. The number of nitrogens with one attached hydrogen (secondary N) is 1. The van der Waals surface area contributed by atoms with Gasteiger partial charge >= 0.3 is 0 Å². The zero-order chi connectivity index (χ0) is 14.5. The van der Waals surface area contributed by atoms with Crippen molar-refractivity contribution in [2.75, 3.05) is 17.7 Å². The number of rotatable bonds is 6. The van der Waals surface area contributed by atoms with E-state index in [4.69, 9.17) is 10.5 Å². The molecule has 5 nitrogen and oxygen atoms in total. The summed E-state index contributed by atoms with van der Waals surface area (Å²) >= 11 is 0. The van der Waals surface area contributed by atoms with Gasteiger partial charge in [0.1, 0.15) is 5.75 Å². The summed E-state index contributed by atoms with van der Waals surface area (Å²) in [4.78, 5) is 0. The van der Waals surface area contributed by atoms with E-state index in [0.29, 0.717) is 5.69 Å². The Balaban J connectivity index is 2.12. The Bertz CT molecular complexity index is 560. The summed E-state index contributed by atoms with van der Waals surface area (Å²) < 4.78 is 7.33. The molecule has 1 heterocycles. The molecule has 108 valence electrons. The first-order valence-electron chi connectivity index (χ1n) is 6.97. The zero-order valence-electron chi connectivity index (χ0n) is 12.3. The summed E-state index contributed by atoms with van der Waals surface area (Å²) in [6.45, 7) is 4.87. The van der Waals surface area contributed by atoms with E-state index in [-0.39, 0.29) is 0 Å². The maximum Gasteiger partial charge on any atom is 0.152 e. The van der Waals surface area contributed by atoms with Crippen molar-refractivity contribution in [2.24, 2.45) is 7.05 Å². The number of hydrogen-bond donors (Lipinski definition) is 2. The monoisotopic (exact) mass is 274 g/mol. The predicted octanol–water partition coefficient (Wildman–Crippen LogP) is 3.10. The maximum atomic E-state index is 6.09. The number of benzene rings is 1. The van der Waals surface area contributed by atoms with Crippen molar-refractivity contribution < 1.29 is 4.74 Å². The second-order valence-corrected chi connectivity index (χ2v) is 4.68. The van der Waals surface area contributed by atoms with Crippen LogP contribution in [0.25, 0.3) is 0 Å². The SMILES string of the molecule is CCCOc1ccc(Nc2c(N)c(CC)nn2C)cc1. The van der Waals surface area contributed by atoms with Crippen LogP contribution in [0, 0.1) is 0 Å². The quantitative estimate of drug-likeness (QED) is 0.849. The van der Waals surface area contributed by atoms with Crippen molar-refractivity contribution in [1.82, 2.24) is 9.78 Å². The molecule has 0 aliphatic heterocycles. The van der Waals surface area contributed by atoms with Gasteiger partial charge in [0.15, 0.2) is 5.82 Å². The van der Waals surface area contributed by atoms with Crippen molar-refractivity contribution in [3.63, 3.8) is 0 Å². The summed E-state index contributed by atoms with van der Waals surface area (Å²) in [6.07, 6.45) is 1.83. The van der Waals surface area contributed by atoms with E-state index in [1.807, 2.05) is 38.2 Å². The third-order valence-corrected chi connectivity index (χ3v) is 3.09. The Hall–Kier alpha value is -2.17. The molecule has 0 bridgehead atoms. The summed E-state index contributed by atoms with van der Waals surface area (Å²) in [6, 6.07) is 7.85. The minimum absolute atomic E-state index is 0.710. The van der Waals surface area contributed by atoms with E-state index in [0.717, 1.165) is 42.4 Å². The lowest BCUT2D eigenvalue weighted by atomic mass is 10.2. The molecule has 0 saturated carbocycles. The molecule has 0 unspecified atom stereocenters. The van der Waals surface area contributed by atoms with Crippen LogP contribution in [-0.4, -0.2) is 16.4 Å². The fraction of sp³-hybridized carbons (Fsp3) is 0.400. The second kappa shape index (κ2) is 6.32. The Morgan fingerprint density at radius 2 is 1.95 bits per heavy atom. The van der Waals surface area contributed by atoms with Gasteiger partial charge in [-0.3, -0.25) is 4.68 Å². The molecule has 0 radical (unpaired) electrons. The van der Waals surface area contributed by atoms with Gasteiger partial charge < -0.3 is 15.8 Å². The van der Waals surface area contributed by atoms with E-state index in [1.165, 1.54) is 0 Å². The summed E-state index contributed by atoms with van der Waals surface area (Å²) in [5, 5.41) is 7.69. The number of ether oxygens (including phenoxy) is 1. The van der Waals surface area contributed by atoms with Gasteiger partial charge in [-0.1, -0.05) is 13.8 Å². The third kappa shape index (κ3) is 3.04. The van der Waals surface area contributed by atoms with Crippen LogP contribution in [0.15, 0.2) is 24.3 Å². The Labute approximate surface area is 119 Å². The van der Waals surface area contributed by atoms with E-state index in [2.05, 4.69) is 17.3 Å². The predicted molar refractivity (Wildman–Crippen MR) is 82.5 cm³/mol. The fourth-order valence-electron chi connectivity index (χ4n) is 2.00. The normalized spacial score (nSPS) is 10.6. The molecular weight excluding hydrogens is 252 g/mol. The van der Waals surface area contributed by atoms with Crippen LogP contribution >= 0.6 is 0 Å². The zero-order valence-corrected chi connectivity index (χ0v) is 12.3. The summed E-state index contributed by atoms with van der Waals surface area (Å²) in [5.74, 6) is 1.70. The molecule has 3 N–H and O–H groups in total. The highest BCUT2D eigenvalue weighted by Crippen LogP contribution is 2.27. The molecule has 0 saturated heterocycles. The molecule has 1 aromatic carbocycles. The van der Waals surface area contributed by atoms with Crippen LogP contribution in [0.2, 0.25) is 0 Å². The molecule has 2 aromatic rings. The largest absolute Gasteiger partial charge is 0.494 e. The standard InChI is InChI=1S/C15H22N4O/c1-4-10-20-12-8-6-11(7-9-12)17-15-14(16)13(5-2)18-19(15)3/h6-9,17H,4-5,10,16H2,1-3H3. The second-order valence-electron chi connectivity index (χ2n) is 4.68. The number of aromatic nitrogens is 2.